The summed E-state index contributed by atoms with van der Waals surface area (Å²) in [5.41, 5.74) is 0.770. The average Bonchev–Trinajstić information content (AvgIpc) is 3.41. The topological polar surface area (TPSA) is 106 Å². The minimum Gasteiger partial charge on any atom is -0.391 e. The van der Waals surface area contributed by atoms with Crippen LogP contribution in [-0.4, -0.2) is 77.2 Å². The highest BCUT2D eigenvalue weighted by atomic mass is 19.1. The summed E-state index contributed by atoms with van der Waals surface area (Å²) in [6.45, 7) is 1.02. The minimum absolute atomic E-state index is 0.194. The van der Waals surface area contributed by atoms with Gasteiger partial charge in [-0.1, -0.05) is 5.72 Å². The molecule has 1 saturated heterocycles. The molecule has 3 heterocycles. The van der Waals surface area contributed by atoms with E-state index in [0.717, 1.165) is 18.2 Å². The molecule has 1 aromatic carbocycles. The van der Waals surface area contributed by atoms with Gasteiger partial charge in [0.15, 0.2) is 11.9 Å². The largest absolute Gasteiger partial charge is 0.391 e. The average molecular weight is 470 g/mol. The third-order valence-corrected chi connectivity index (χ3v) is 5.82. The molecular formula is C21H26B2F2N6O3. The zero-order valence-corrected chi connectivity index (χ0v) is 19.0. The highest BCUT2D eigenvalue weighted by Gasteiger charge is 2.26. The van der Waals surface area contributed by atoms with E-state index in [4.69, 9.17) is 0 Å². The molecule has 0 spiro atoms. The SMILES string of the molecule is BC(B)CCN(c1ccn2ncc(NC(=O)N3CCC(O)C3)c2n1)C(O)c1cc(F)ccc1F. The van der Waals surface area contributed by atoms with Gasteiger partial charge in [0.05, 0.1) is 28.0 Å². The van der Waals surface area contributed by atoms with Crippen molar-refractivity contribution in [3.63, 3.8) is 0 Å². The standard InChI is InChI=1S/C21H26B2F2N6O3/c22-17(23)4-7-30(20(33)14-9-12(24)1-2-15(14)25)18-5-8-31-19(28-18)16(10-26-31)27-21(34)29-6-3-13(32)11-29/h1-2,5,8-10,13,17,20,32-33H,3-4,6-7,11,22-23H2,(H,27,34). The van der Waals surface area contributed by atoms with Crippen molar-refractivity contribution in [2.24, 2.45) is 0 Å². The number of fused-ring (bicyclic) bond motifs is 1. The van der Waals surface area contributed by atoms with E-state index in [2.05, 4.69) is 15.4 Å². The molecule has 2 amide bonds. The third kappa shape index (κ3) is 5.15. The van der Waals surface area contributed by atoms with Gasteiger partial charge >= 0.3 is 6.03 Å². The number of aromatic nitrogens is 3. The highest BCUT2D eigenvalue weighted by molar-refractivity contribution is 6.35. The van der Waals surface area contributed by atoms with E-state index in [0.29, 0.717) is 43.1 Å². The molecule has 9 nitrogen and oxygen atoms in total. The van der Waals surface area contributed by atoms with Gasteiger partial charge in [0.25, 0.3) is 0 Å². The van der Waals surface area contributed by atoms with E-state index in [1.807, 2.05) is 15.7 Å². The maximum absolute atomic E-state index is 14.4. The van der Waals surface area contributed by atoms with Crippen molar-refractivity contribution in [2.75, 3.05) is 29.9 Å². The molecule has 1 aliphatic rings. The number of carbonyl (C=O) groups is 1. The lowest BCUT2D eigenvalue weighted by molar-refractivity contribution is 0.165. The number of nitrogens with zero attached hydrogens (tertiary/aromatic N) is 5. The van der Waals surface area contributed by atoms with Crippen LogP contribution in [0.25, 0.3) is 5.65 Å². The smallest absolute Gasteiger partial charge is 0.322 e. The Morgan fingerprint density at radius 2 is 2.12 bits per heavy atom. The van der Waals surface area contributed by atoms with E-state index in [1.165, 1.54) is 20.5 Å². The second-order valence-electron chi connectivity index (χ2n) is 8.85. The fourth-order valence-corrected chi connectivity index (χ4v) is 3.87. The molecule has 3 aromatic rings. The van der Waals surface area contributed by atoms with E-state index in [1.54, 1.807) is 12.3 Å². The van der Waals surface area contributed by atoms with Gasteiger partial charge in [-0.05, 0) is 37.1 Å². The lowest BCUT2D eigenvalue weighted by atomic mass is 9.69. The number of benzene rings is 1. The maximum Gasteiger partial charge on any atom is 0.322 e. The normalized spacial score (nSPS) is 16.9. The van der Waals surface area contributed by atoms with Crippen LogP contribution >= 0.6 is 0 Å². The lowest BCUT2D eigenvalue weighted by Gasteiger charge is -2.30. The van der Waals surface area contributed by atoms with E-state index >= 15 is 0 Å². The van der Waals surface area contributed by atoms with Crippen molar-refractivity contribution in [2.45, 2.75) is 30.9 Å². The molecule has 4 rings (SSSR count). The summed E-state index contributed by atoms with van der Waals surface area (Å²) in [6, 6.07) is 4.18. The zero-order valence-electron chi connectivity index (χ0n) is 19.0. The summed E-state index contributed by atoms with van der Waals surface area (Å²) in [7, 11) is 4.04. The number of amides is 2. The molecule has 0 radical (unpaired) electrons. The zero-order chi connectivity index (χ0) is 24.4. The van der Waals surface area contributed by atoms with Crippen LogP contribution in [0.1, 0.15) is 24.6 Å². The minimum atomic E-state index is -1.48. The van der Waals surface area contributed by atoms with E-state index in [-0.39, 0.29) is 23.9 Å². The number of urea groups is 1. The van der Waals surface area contributed by atoms with Crippen molar-refractivity contribution in [3.8, 4) is 0 Å². The number of nitrogens with one attached hydrogen (secondary N) is 1. The van der Waals surface area contributed by atoms with Crippen molar-refractivity contribution < 1.29 is 23.8 Å². The number of anilines is 2. The van der Waals surface area contributed by atoms with Gasteiger partial charge in [-0.25, -0.2) is 23.1 Å². The summed E-state index contributed by atoms with van der Waals surface area (Å²) in [5.74, 6) is -1.07. The number of aliphatic hydroxyl groups excluding tert-OH is 2. The molecule has 2 unspecified atom stereocenters. The molecule has 178 valence electrons. The number of hydrogen-bond donors (Lipinski definition) is 3. The number of rotatable bonds is 7. The Morgan fingerprint density at radius 3 is 2.82 bits per heavy atom. The van der Waals surface area contributed by atoms with Gasteiger partial charge in [0.2, 0.25) is 0 Å². The predicted molar refractivity (Wildman–Crippen MR) is 128 cm³/mol. The van der Waals surface area contributed by atoms with Crippen LogP contribution in [0.5, 0.6) is 0 Å². The second kappa shape index (κ2) is 9.98. The van der Waals surface area contributed by atoms with Crippen molar-refractivity contribution in [1.82, 2.24) is 19.5 Å². The number of β-amino-alcohol motifs (C(OH)–C–C–N with tert-alkyl or cyclic N) is 1. The van der Waals surface area contributed by atoms with Crippen molar-refractivity contribution in [1.29, 1.82) is 0 Å². The summed E-state index contributed by atoms with van der Waals surface area (Å²) in [6.07, 6.45) is 2.24. The Balaban J connectivity index is 1.65. The second-order valence-corrected chi connectivity index (χ2v) is 8.85. The Kier molecular flexibility index (Phi) is 7.03. The Bertz CT molecular complexity index is 1180. The molecule has 1 fully saturated rings. The van der Waals surface area contributed by atoms with Gasteiger partial charge < -0.3 is 25.3 Å². The third-order valence-electron chi connectivity index (χ3n) is 5.82. The summed E-state index contributed by atoms with van der Waals surface area (Å²) in [5, 5.41) is 27.7. The molecule has 3 N–H and O–H groups in total. The summed E-state index contributed by atoms with van der Waals surface area (Å²) in [4.78, 5) is 20.1. The number of carbonyl (C=O) groups excluding carboxylic acids is 1. The fourth-order valence-electron chi connectivity index (χ4n) is 3.87. The molecule has 34 heavy (non-hydrogen) atoms. The van der Waals surface area contributed by atoms with Gasteiger partial charge in [-0.15, -0.1) is 0 Å². The van der Waals surface area contributed by atoms with Crippen LogP contribution in [0, 0.1) is 11.6 Å². The van der Waals surface area contributed by atoms with Crippen LogP contribution in [0.4, 0.5) is 25.1 Å². The number of likely N-dealkylation sites (tertiary alicyclic amines) is 1. The molecule has 0 aliphatic carbocycles. The first-order valence-electron chi connectivity index (χ1n) is 11.2. The molecule has 2 aromatic heterocycles. The number of aliphatic hydroxyl groups is 2. The van der Waals surface area contributed by atoms with Gasteiger partial charge in [0.1, 0.15) is 23.1 Å². The molecule has 13 heteroatoms. The first-order chi connectivity index (χ1) is 16.2. The molecule has 0 saturated carbocycles. The van der Waals surface area contributed by atoms with E-state index < -0.39 is 24.0 Å². The first-order valence-corrected chi connectivity index (χ1v) is 11.2. The summed E-state index contributed by atoms with van der Waals surface area (Å²) >= 11 is 0. The van der Waals surface area contributed by atoms with Crippen LogP contribution in [0.15, 0.2) is 36.7 Å². The molecule has 0 bridgehead atoms. The molecule has 1 aliphatic heterocycles. The highest BCUT2D eigenvalue weighted by Crippen LogP contribution is 2.29. The van der Waals surface area contributed by atoms with Crippen LogP contribution in [0.3, 0.4) is 0 Å². The van der Waals surface area contributed by atoms with Gasteiger partial charge in [-0.2, -0.15) is 5.10 Å². The quantitative estimate of drug-likeness (QED) is 0.344. The lowest BCUT2D eigenvalue weighted by Crippen LogP contribution is -2.33. The Labute approximate surface area is 197 Å². The number of hydrogen-bond acceptors (Lipinski definition) is 6. The number of halogens is 2. The van der Waals surface area contributed by atoms with Crippen molar-refractivity contribution in [3.05, 3.63) is 53.9 Å². The Morgan fingerprint density at radius 1 is 1.32 bits per heavy atom. The first kappa shape index (κ1) is 24.0. The monoisotopic (exact) mass is 470 g/mol. The van der Waals surface area contributed by atoms with Crippen LogP contribution < -0.4 is 10.2 Å². The molecular weight excluding hydrogens is 444 g/mol. The Hall–Kier alpha value is -3.18. The fraction of sp³-hybridized carbons (Fsp3) is 0.381. The maximum atomic E-state index is 14.4. The van der Waals surface area contributed by atoms with Gasteiger partial charge in [0, 0.05) is 31.4 Å². The van der Waals surface area contributed by atoms with Crippen LogP contribution in [0.2, 0.25) is 5.72 Å². The summed E-state index contributed by atoms with van der Waals surface area (Å²) < 4.78 is 29.7. The van der Waals surface area contributed by atoms with Gasteiger partial charge in [-0.3, -0.25) is 0 Å². The molecule has 2 atom stereocenters. The van der Waals surface area contributed by atoms with E-state index in [9.17, 15) is 23.8 Å². The van der Waals surface area contributed by atoms with Crippen molar-refractivity contribution >= 4 is 38.9 Å². The predicted octanol–water partition coefficient (Wildman–Crippen LogP) is 0.506. The van der Waals surface area contributed by atoms with Crippen LogP contribution in [-0.2, 0) is 0 Å².